The summed E-state index contributed by atoms with van der Waals surface area (Å²) in [5.41, 5.74) is 0.845. The average Bonchev–Trinajstić information content (AvgIpc) is 2.83. The van der Waals surface area contributed by atoms with Gasteiger partial charge in [-0.25, -0.2) is 0 Å². The lowest BCUT2D eigenvalue weighted by Crippen LogP contribution is -2.57. The van der Waals surface area contributed by atoms with E-state index >= 15 is 0 Å². The molecular formula is C14H16N2O3S. The molecule has 1 unspecified atom stereocenters. The van der Waals surface area contributed by atoms with Crippen molar-refractivity contribution >= 4 is 23.2 Å². The highest BCUT2D eigenvalue weighted by atomic mass is 32.1. The van der Waals surface area contributed by atoms with E-state index in [9.17, 15) is 9.59 Å². The minimum absolute atomic E-state index is 0.183. The van der Waals surface area contributed by atoms with Gasteiger partial charge >= 0.3 is 0 Å². The molecule has 2 heterocycles. The molecule has 1 aromatic heterocycles. The fourth-order valence-electron chi connectivity index (χ4n) is 2.22. The van der Waals surface area contributed by atoms with Crippen LogP contribution in [-0.4, -0.2) is 41.0 Å². The lowest BCUT2D eigenvalue weighted by atomic mass is 10.1. The van der Waals surface area contributed by atoms with Crippen molar-refractivity contribution in [2.45, 2.75) is 25.9 Å². The number of aliphatic hydroxyl groups is 1. The fraction of sp³-hybridized carbons (Fsp3) is 0.429. The number of amides is 2. The molecule has 1 aromatic rings. The first-order valence-electron chi connectivity index (χ1n) is 6.39. The highest BCUT2D eigenvalue weighted by molar-refractivity contribution is 7.10. The van der Waals surface area contributed by atoms with E-state index in [4.69, 9.17) is 5.11 Å². The Morgan fingerprint density at radius 3 is 3.05 bits per heavy atom. The van der Waals surface area contributed by atoms with Crippen LogP contribution in [0.4, 0.5) is 0 Å². The summed E-state index contributed by atoms with van der Waals surface area (Å²) in [6.45, 7) is 2.48. The van der Waals surface area contributed by atoms with Crippen LogP contribution in [0.2, 0.25) is 0 Å². The molecule has 0 bridgehead atoms. The van der Waals surface area contributed by atoms with Crippen molar-refractivity contribution in [3.63, 3.8) is 0 Å². The van der Waals surface area contributed by atoms with Gasteiger partial charge in [-0.2, -0.15) is 0 Å². The maximum atomic E-state index is 11.8. The predicted octanol–water partition coefficient (Wildman–Crippen LogP) is 0.329. The molecule has 20 heavy (non-hydrogen) atoms. The van der Waals surface area contributed by atoms with Crippen molar-refractivity contribution in [2.75, 3.05) is 13.2 Å². The molecule has 0 aromatic carbocycles. The molecular weight excluding hydrogens is 276 g/mol. The average molecular weight is 292 g/mol. The van der Waals surface area contributed by atoms with Crippen LogP contribution in [-0.2, 0) is 16.1 Å². The summed E-state index contributed by atoms with van der Waals surface area (Å²) in [4.78, 5) is 26.2. The summed E-state index contributed by atoms with van der Waals surface area (Å²) in [5.74, 6) is 5.01. The maximum Gasteiger partial charge on any atom is 0.243 e. The smallest absolute Gasteiger partial charge is 0.243 e. The van der Waals surface area contributed by atoms with Gasteiger partial charge in [0.15, 0.2) is 0 Å². The van der Waals surface area contributed by atoms with E-state index in [-0.39, 0.29) is 31.0 Å². The van der Waals surface area contributed by atoms with E-state index in [0.29, 0.717) is 13.0 Å². The zero-order valence-electron chi connectivity index (χ0n) is 11.2. The normalized spacial score (nSPS) is 19.4. The number of hydrogen-bond donors (Lipinski definition) is 2. The lowest BCUT2D eigenvalue weighted by molar-refractivity contribution is -0.140. The first-order chi connectivity index (χ1) is 9.65. The van der Waals surface area contributed by atoms with Crippen molar-refractivity contribution in [1.29, 1.82) is 0 Å². The van der Waals surface area contributed by atoms with Gasteiger partial charge in [0, 0.05) is 17.0 Å². The SMILES string of the molecule is CCC1C(=O)NC(=O)CN1Cc1sccc1C#CCO. The molecule has 1 fully saturated rings. The monoisotopic (exact) mass is 292 g/mol. The van der Waals surface area contributed by atoms with Crippen LogP contribution in [0, 0.1) is 11.8 Å². The Hall–Kier alpha value is -1.68. The third-order valence-electron chi connectivity index (χ3n) is 3.13. The van der Waals surface area contributed by atoms with Crippen LogP contribution in [0.1, 0.15) is 23.8 Å². The summed E-state index contributed by atoms with van der Waals surface area (Å²) in [5, 5.41) is 13.0. The Morgan fingerprint density at radius 2 is 2.35 bits per heavy atom. The number of hydrogen-bond acceptors (Lipinski definition) is 5. The fourth-order valence-corrected chi connectivity index (χ4v) is 3.08. The Bertz CT molecular complexity index is 570. The second-order valence-corrected chi connectivity index (χ2v) is 5.46. The van der Waals surface area contributed by atoms with E-state index in [2.05, 4.69) is 17.2 Å². The van der Waals surface area contributed by atoms with Crippen LogP contribution in [0.5, 0.6) is 0 Å². The van der Waals surface area contributed by atoms with Crippen molar-refractivity contribution in [1.82, 2.24) is 10.2 Å². The van der Waals surface area contributed by atoms with Gasteiger partial charge in [0.2, 0.25) is 11.8 Å². The summed E-state index contributed by atoms with van der Waals surface area (Å²) in [6, 6.07) is 1.60. The third kappa shape index (κ3) is 3.25. The zero-order chi connectivity index (χ0) is 14.5. The minimum atomic E-state index is -0.284. The van der Waals surface area contributed by atoms with Crippen molar-refractivity contribution in [2.24, 2.45) is 0 Å². The Labute approximate surface area is 121 Å². The molecule has 6 heteroatoms. The third-order valence-corrected chi connectivity index (χ3v) is 4.04. The highest BCUT2D eigenvalue weighted by Crippen LogP contribution is 2.21. The molecule has 0 saturated carbocycles. The lowest BCUT2D eigenvalue weighted by Gasteiger charge is -2.33. The first-order valence-corrected chi connectivity index (χ1v) is 7.27. The molecule has 2 amide bonds. The van der Waals surface area contributed by atoms with Crippen LogP contribution in [0.3, 0.4) is 0 Å². The molecule has 2 N–H and O–H groups in total. The standard InChI is InChI=1S/C14H16N2O3S/c1-2-11-14(19)15-13(18)9-16(11)8-12-10(4-3-6-17)5-7-20-12/h5,7,11,17H,2,6,8-9H2,1H3,(H,15,18,19). The summed E-state index contributed by atoms with van der Waals surface area (Å²) < 4.78 is 0. The van der Waals surface area contributed by atoms with E-state index in [0.717, 1.165) is 10.4 Å². The van der Waals surface area contributed by atoms with Gasteiger partial charge < -0.3 is 5.11 Å². The van der Waals surface area contributed by atoms with Crippen LogP contribution < -0.4 is 5.32 Å². The highest BCUT2D eigenvalue weighted by Gasteiger charge is 2.32. The Morgan fingerprint density at radius 1 is 1.55 bits per heavy atom. The number of rotatable bonds is 3. The van der Waals surface area contributed by atoms with Crippen molar-refractivity contribution < 1.29 is 14.7 Å². The largest absolute Gasteiger partial charge is 0.384 e. The predicted molar refractivity (Wildman–Crippen MR) is 75.9 cm³/mol. The first kappa shape index (κ1) is 14.7. The maximum absolute atomic E-state index is 11.8. The Balaban J connectivity index is 2.17. The molecule has 0 spiro atoms. The van der Waals surface area contributed by atoms with E-state index in [1.54, 1.807) is 0 Å². The van der Waals surface area contributed by atoms with Gasteiger partial charge in [0.05, 0.1) is 12.6 Å². The number of aliphatic hydroxyl groups excluding tert-OH is 1. The number of thiophene rings is 1. The van der Waals surface area contributed by atoms with E-state index in [1.807, 2.05) is 23.3 Å². The van der Waals surface area contributed by atoms with E-state index < -0.39 is 0 Å². The van der Waals surface area contributed by atoms with Crippen LogP contribution in [0.15, 0.2) is 11.4 Å². The van der Waals surface area contributed by atoms with Crippen molar-refractivity contribution in [3.8, 4) is 11.8 Å². The number of carbonyl (C=O) groups is 2. The molecule has 1 atom stereocenters. The van der Waals surface area contributed by atoms with Gasteiger partial charge in [-0.3, -0.25) is 19.8 Å². The number of carbonyl (C=O) groups excluding carboxylic acids is 2. The van der Waals surface area contributed by atoms with Crippen molar-refractivity contribution in [3.05, 3.63) is 21.9 Å². The van der Waals surface area contributed by atoms with Gasteiger partial charge in [-0.1, -0.05) is 18.8 Å². The molecule has 5 nitrogen and oxygen atoms in total. The molecule has 2 rings (SSSR count). The summed E-state index contributed by atoms with van der Waals surface area (Å²) >= 11 is 1.54. The van der Waals surface area contributed by atoms with Crippen LogP contribution >= 0.6 is 11.3 Å². The second-order valence-electron chi connectivity index (χ2n) is 4.46. The summed E-state index contributed by atoms with van der Waals surface area (Å²) in [6.07, 6.45) is 0.655. The van der Waals surface area contributed by atoms with Gasteiger partial charge in [-0.15, -0.1) is 11.3 Å². The number of piperazine rings is 1. The molecule has 0 radical (unpaired) electrons. The molecule has 1 aliphatic heterocycles. The molecule has 1 saturated heterocycles. The minimum Gasteiger partial charge on any atom is -0.384 e. The second kappa shape index (κ2) is 6.66. The van der Waals surface area contributed by atoms with Crippen LogP contribution in [0.25, 0.3) is 0 Å². The molecule has 0 aliphatic carbocycles. The van der Waals surface area contributed by atoms with Gasteiger partial charge in [0.25, 0.3) is 0 Å². The topological polar surface area (TPSA) is 69.6 Å². The number of nitrogens with one attached hydrogen (secondary N) is 1. The quantitative estimate of drug-likeness (QED) is 0.622. The molecule has 106 valence electrons. The number of nitrogens with zero attached hydrogens (tertiary/aromatic N) is 1. The van der Waals surface area contributed by atoms with Gasteiger partial charge in [0.1, 0.15) is 6.61 Å². The Kier molecular flexibility index (Phi) is 4.90. The summed E-state index contributed by atoms with van der Waals surface area (Å²) in [7, 11) is 0. The number of imide groups is 1. The van der Waals surface area contributed by atoms with E-state index in [1.165, 1.54) is 11.3 Å². The zero-order valence-corrected chi connectivity index (χ0v) is 12.0. The molecule has 1 aliphatic rings. The van der Waals surface area contributed by atoms with Gasteiger partial charge in [-0.05, 0) is 17.9 Å².